The molecule has 0 saturated heterocycles. The predicted molar refractivity (Wildman–Crippen MR) is 34.9 cm³/mol. The first kappa shape index (κ1) is 9.78. The SMILES string of the molecule is C[C@H]([O-])c1ccccc1.[Li+]. The summed E-state index contributed by atoms with van der Waals surface area (Å²) >= 11 is 0. The number of rotatable bonds is 1. The molecule has 0 fully saturated rings. The van der Waals surface area contributed by atoms with E-state index in [1.54, 1.807) is 6.92 Å². The van der Waals surface area contributed by atoms with Crippen molar-refractivity contribution >= 4 is 0 Å². The average molecular weight is 128 g/mol. The molecule has 10 heavy (non-hydrogen) atoms. The van der Waals surface area contributed by atoms with Crippen molar-refractivity contribution in [1.82, 2.24) is 0 Å². The molecule has 1 rings (SSSR count). The van der Waals surface area contributed by atoms with Gasteiger partial charge in [-0.25, -0.2) is 0 Å². The minimum atomic E-state index is -0.591. The summed E-state index contributed by atoms with van der Waals surface area (Å²) in [5, 5.41) is 10.7. The molecule has 48 valence electrons. The summed E-state index contributed by atoms with van der Waals surface area (Å²) in [4.78, 5) is 0. The number of benzene rings is 1. The van der Waals surface area contributed by atoms with E-state index in [0.717, 1.165) is 5.56 Å². The molecular formula is C8H9LiO. The summed E-state index contributed by atoms with van der Waals surface area (Å²) in [5.41, 5.74) is 0.859. The van der Waals surface area contributed by atoms with Crippen molar-refractivity contribution in [2.75, 3.05) is 0 Å². The van der Waals surface area contributed by atoms with E-state index < -0.39 is 6.10 Å². The summed E-state index contributed by atoms with van der Waals surface area (Å²) in [7, 11) is 0. The molecule has 2 heteroatoms. The van der Waals surface area contributed by atoms with Gasteiger partial charge < -0.3 is 5.11 Å². The van der Waals surface area contributed by atoms with Gasteiger partial charge in [0.15, 0.2) is 0 Å². The van der Waals surface area contributed by atoms with Gasteiger partial charge in [0.1, 0.15) is 0 Å². The van der Waals surface area contributed by atoms with Crippen molar-refractivity contribution in [2.24, 2.45) is 0 Å². The Kier molecular flexibility index (Phi) is 4.47. The van der Waals surface area contributed by atoms with Gasteiger partial charge in [-0.2, -0.15) is 0 Å². The Hall–Kier alpha value is -0.223. The van der Waals surface area contributed by atoms with Gasteiger partial charge in [-0.3, -0.25) is 0 Å². The fourth-order valence-electron chi connectivity index (χ4n) is 0.724. The molecule has 0 radical (unpaired) electrons. The van der Waals surface area contributed by atoms with Crippen LogP contribution in [0.15, 0.2) is 30.3 Å². The van der Waals surface area contributed by atoms with E-state index in [9.17, 15) is 5.11 Å². The number of hydrogen-bond acceptors (Lipinski definition) is 1. The standard InChI is InChI=1S/C8H9O.Li/c1-7(9)8-5-3-2-4-6-8;/h2-7H,1H3;/q-1;+1/t7-;/m0./s1. The summed E-state index contributed by atoms with van der Waals surface area (Å²) in [5.74, 6) is 0. The Morgan fingerprint density at radius 3 is 2.00 bits per heavy atom. The Bertz CT molecular complexity index is 172. The summed E-state index contributed by atoms with van der Waals surface area (Å²) in [6.07, 6.45) is -0.591. The maximum Gasteiger partial charge on any atom is 1.00 e. The molecule has 1 nitrogen and oxygen atoms in total. The Labute approximate surface area is 73.3 Å². The minimum absolute atomic E-state index is 0. The van der Waals surface area contributed by atoms with Gasteiger partial charge in [0.05, 0.1) is 0 Å². The third kappa shape index (κ3) is 2.58. The topological polar surface area (TPSA) is 23.1 Å². The van der Waals surface area contributed by atoms with Crippen molar-refractivity contribution in [3.63, 3.8) is 0 Å². The van der Waals surface area contributed by atoms with Crippen LogP contribution in [0.3, 0.4) is 0 Å². The molecule has 0 spiro atoms. The van der Waals surface area contributed by atoms with Crippen molar-refractivity contribution in [2.45, 2.75) is 13.0 Å². The van der Waals surface area contributed by atoms with Crippen LogP contribution in [0.1, 0.15) is 18.6 Å². The third-order valence-corrected chi connectivity index (χ3v) is 1.27. The molecule has 0 saturated carbocycles. The Balaban J connectivity index is 0.000000810. The zero-order valence-electron chi connectivity index (χ0n) is 6.37. The van der Waals surface area contributed by atoms with E-state index in [2.05, 4.69) is 0 Å². The first-order valence-electron chi connectivity index (χ1n) is 3.01. The van der Waals surface area contributed by atoms with Crippen LogP contribution in [0.2, 0.25) is 0 Å². The molecule has 0 aliphatic carbocycles. The molecule has 0 aromatic heterocycles. The average Bonchev–Trinajstić information content (AvgIpc) is 1.90. The van der Waals surface area contributed by atoms with Crippen LogP contribution in [0.4, 0.5) is 0 Å². The fraction of sp³-hybridized carbons (Fsp3) is 0.250. The Morgan fingerprint density at radius 1 is 1.20 bits per heavy atom. The van der Waals surface area contributed by atoms with Crippen LogP contribution in [-0.2, 0) is 0 Å². The van der Waals surface area contributed by atoms with Gasteiger partial charge >= 0.3 is 18.9 Å². The van der Waals surface area contributed by atoms with Gasteiger partial charge in [-0.15, -0.1) is 6.10 Å². The van der Waals surface area contributed by atoms with Gasteiger partial charge in [0, 0.05) is 0 Å². The second-order valence-corrected chi connectivity index (χ2v) is 2.05. The smallest absolute Gasteiger partial charge is 0.849 e. The van der Waals surface area contributed by atoms with Crippen LogP contribution in [-0.4, -0.2) is 0 Å². The van der Waals surface area contributed by atoms with Crippen LogP contribution >= 0.6 is 0 Å². The van der Waals surface area contributed by atoms with Crippen LogP contribution in [0.25, 0.3) is 0 Å². The molecule has 0 unspecified atom stereocenters. The van der Waals surface area contributed by atoms with Gasteiger partial charge in [0.2, 0.25) is 0 Å². The molecule has 0 bridgehead atoms. The molecular weight excluding hydrogens is 119 g/mol. The fourth-order valence-corrected chi connectivity index (χ4v) is 0.724. The normalized spacial score (nSPS) is 11.8. The zero-order chi connectivity index (χ0) is 6.69. The van der Waals surface area contributed by atoms with Crippen LogP contribution in [0, 0.1) is 0 Å². The molecule has 1 aromatic rings. The van der Waals surface area contributed by atoms with E-state index in [0.29, 0.717) is 0 Å². The van der Waals surface area contributed by atoms with Crippen molar-refractivity contribution in [3.05, 3.63) is 35.9 Å². The van der Waals surface area contributed by atoms with Crippen LogP contribution < -0.4 is 24.0 Å². The molecule has 1 atom stereocenters. The van der Waals surface area contributed by atoms with Crippen molar-refractivity contribution in [3.8, 4) is 0 Å². The third-order valence-electron chi connectivity index (χ3n) is 1.27. The summed E-state index contributed by atoms with van der Waals surface area (Å²) in [6, 6.07) is 9.36. The number of hydrogen-bond donors (Lipinski definition) is 0. The van der Waals surface area contributed by atoms with Gasteiger partial charge in [-0.05, 0) is 0 Å². The maximum atomic E-state index is 10.7. The van der Waals surface area contributed by atoms with Crippen LogP contribution in [0.5, 0.6) is 0 Å². The second-order valence-electron chi connectivity index (χ2n) is 2.05. The van der Waals surface area contributed by atoms with E-state index in [1.165, 1.54) is 0 Å². The van der Waals surface area contributed by atoms with E-state index in [4.69, 9.17) is 0 Å². The van der Waals surface area contributed by atoms with E-state index in [-0.39, 0.29) is 18.9 Å². The minimum Gasteiger partial charge on any atom is -0.849 e. The second kappa shape index (κ2) is 4.57. The maximum absolute atomic E-state index is 10.7. The van der Waals surface area contributed by atoms with Crippen molar-refractivity contribution < 1.29 is 24.0 Å². The largest absolute Gasteiger partial charge is 1.00 e. The monoisotopic (exact) mass is 128 g/mol. The van der Waals surface area contributed by atoms with Gasteiger partial charge in [0.25, 0.3) is 0 Å². The molecule has 0 amide bonds. The van der Waals surface area contributed by atoms with Gasteiger partial charge in [-0.1, -0.05) is 42.8 Å². The zero-order valence-corrected chi connectivity index (χ0v) is 6.37. The summed E-state index contributed by atoms with van der Waals surface area (Å²) < 4.78 is 0. The molecule has 1 aromatic carbocycles. The Morgan fingerprint density at radius 2 is 1.70 bits per heavy atom. The first-order valence-corrected chi connectivity index (χ1v) is 3.01. The summed E-state index contributed by atoms with van der Waals surface area (Å²) in [6.45, 7) is 1.65. The quantitative estimate of drug-likeness (QED) is 0.406. The van der Waals surface area contributed by atoms with E-state index in [1.807, 2.05) is 30.3 Å². The molecule has 0 heterocycles. The molecule has 0 N–H and O–H groups in total. The first-order chi connectivity index (χ1) is 4.30. The predicted octanol–water partition coefficient (Wildman–Crippen LogP) is -1.89. The van der Waals surface area contributed by atoms with E-state index >= 15 is 0 Å². The van der Waals surface area contributed by atoms with Crippen molar-refractivity contribution in [1.29, 1.82) is 0 Å². The molecule has 0 aliphatic rings. The molecule has 0 aliphatic heterocycles.